The van der Waals surface area contributed by atoms with Crippen molar-refractivity contribution in [2.24, 2.45) is 5.73 Å². The number of hydrogen-bond donors (Lipinski definition) is 1. The summed E-state index contributed by atoms with van der Waals surface area (Å²) in [7, 11) is -3.68. The molecule has 0 aliphatic carbocycles. The van der Waals surface area contributed by atoms with Crippen LogP contribution in [0.3, 0.4) is 0 Å². The van der Waals surface area contributed by atoms with Crippen molar-refractivity contribution in [3.05, 3.63) is 29.6 Å². The Bertz CT molecular complexity index is 517. The van der Waals surface area contributed by atoms with Crippen molar-refractivity contribution in [2.45, 2.75) is 38.1 Å². The van der Waals surface area contributed by atoms with Gasteiger partial charge in [0.05, 0.1) is 4.90 Å². The number of nitrogens with zero attached hydrogens (tertiary/aromatic N) is 1. The predicted octanol–water partition coefficient (Wildman–Crippen LogP) is 2.10. The molecule has 0 amide bonds. The van der Waals surface area contributed by atoms with Gasteiger partial charge in [0.15, 0.2) is 0 Å². The van der Waals surface area contributed by atoms with Crippen molar-refractivity contribution < 1.29 is 12.8 Å². The molecule has 0 bridgehead atoms. The standard InChI is InChI=1S/C13H21FN2O2S/c1-3-5-9-16(4-2)19(17,18)13-8-6-7-12(14)11(13)10-15/h6-8H,3-5,9-10,15H2,1-2H3. The van der Waals surface area contributed by atoms with E-state index in [4.69, 9.17) is 5.73 Å². The molecule has 0 saturated heterocycles. The van der Waals surface area contributed by atoms with Gasteiger partial charge in [-0.05, 0) is 18.6 Å². The van der Waals surface area contributed by atoms with E-state index in [0.29, 0.717) is 13.1 Å². The maximum atomic E-state index is 13.6. The number of rotatable bonds is 7. The minimum absolute atomic E-state index is 0.0204. The van der Waals surface area contributed by atoms with Crippen LogP contribution in [0.4, 0.5) is 4.39 Å². The highest BCUT2D eigenvalue weighted by Crippen LogP contribution is 2.22. The van der Waals surface area contributed by atoms with Crippen molar-refractivity contribution in [1.29, 1.82) is 0 Å². The lowest BCUT2D eigenvalue weighted by atomic mass is 10.2. The molecule has 1 rings (SSSR count). The first-order valence-electron chi connectivity index (χ1n) is 6.46. The van der Waals surface area contributed by atoms with Crippen LogP contribution in [0.1, 0.15) is 32.3 Å². The fourth-order valence-corrected chi connectivity index (χ4v) is 3.63. The van der Waals surface area contributed by atoms with Crippen LogP contribution in [0.5, 0.6) is 0 Å². The molecule has 0 saturated carbocycles. The topological polar surface area (TPSA) is 63.4 Å². The number of hydrogen-bond acceptors (Lipinski definition) is 3. The molecule has 108 valence electrons. The van der Waals surface area contributed by atoms with Crippen LogP contribution < -0.4 is 5.73 Å². The molecular weight excluding hydrogens is 267 g/mol. The quantitative estimate of drug-likeness (QED) is 0.835. The Morgan fingerprint density at radius 1 is 1.32 bits per heavy atom. The van der Waals surface area contributed by atoms with Gasteiger partial charge in [0.2, 0.25) is 10.0 Å². The highest BCUT2D eigenvalue weighted by Gasteiger charge is 2.26. The molecule has 1 aromatic carbocycles. The van der Waals surface area contributed by atoms with Gasteiger partial charge >= 0.3 is 0 Å². The van der Waals surface area contributed by atoms with Crippen LogP contribution in [0.25, 0.3) is 0 Å². The maximum Gasteiger partial charge on any atom is 0.243 e. The van der Waals surface area contributed by atoms with Gasteiger partial charge in [-0.25, -0.2) is 12.8 Å². The largest absolute Gasteiger partial charge is 0.326 e. The lowest BCUT2D eigenvalue weighted by molar-refractivity contribution is 0.417. The smallest absolute Gasteiger partial charge is 0.243 e. The Balaban J connectivity index is 3.22. The zero-order valence-electron chi connectivity index (χ0n) is 11.4. The van der Waals surface area contributed by atoms with Crippen LogP contribution >= 0.6 is 0 Å². The lowest BCUT2D eigenvalue weighted by Gasteiger charge is -2.21. The second kappa shape index (κ2) is 6.98. The van der Waals surface area contributed by atoms with Gasteiger partial charge in [-0.2, -0.15) is 4.31 Å². The Kier molecular flexibility index (Phi) is 5.90. The summed E-state index contributed by atoms with van der Waals surface area (Å²) in [5, 5.41) is 0. The first kappa shape index (κ1) is 16.1. The molecule has 0 radical (unpaired) electrons. The van der Waals surface area contributed by atoms with E-state index in [1.165, 1.54) is 22.5 Å². The summed E-state index contributed by atoms with van der Waals surface area (Å²) in [5.74, 6) is -0.574. The van der Waals surface area contributed by atoms with E-state index in [-0.39, 0.29) is 17.0 Å². The Labute approximate surface area is 114 Å². The van der Waals surface area contributed by atoms with Crippen molar-refractivity contribution in [3.63, 3.8) is 0 Å². The minimum atomic E-state index is -3.68. The highest BCUT2D eigenvalue weighted by molar-refractivity contribution is 7.89. The van der Waals surface area contributed by atoms with Gasteiger partial charge < -0.3 is 5.73 Å². The van der Waals surface area contributed by atoms with Crippen LogP contribution in [0, 0.1) is 5.82 Å². The van der Waals surface area contributed by atoms with Gasteiger partial charge in [0, 0.05) is 25.2 Å². The Hall–Kier alpha value is -0.980. The molecular formula is C13H21FN2O2S. The molecule has 0 aliphatic rings. The normalized spacial score (nSPS) is 12.1. The van der Waals surface area contributed by atoms with E-state index in [1.807, 2.05) is 6.92 Å². The summed E-state index contributed by atoms with van der Waals surface area (Å²) in [4.78, 5) is -0.0204. The fourth-order valence-electron chi connectivity index (χ4n) is 1.90. The van der Waals surface area contributed by atoms with Gasteiger partial charge in [-0.15, -0.1) is 0 Å². The number of benzene rings is 1. The van der Waals surface area contributed by atoms with Crippen molar-refractivity contribution in [1.82, 2.24) is 4.31 Å². The molecule has 0 fully saturated rings. The molecule has 0 atom stereocenters. The monoisotopic (exact) mass is 288 g/mol. The summed E-state index contributed by atoms with van der Waals surface area (Å²) in [6.45, 7) is 4.44. The molecule has 0 heterocycles. The zero-order chi connectivity index (χ0) is 14.5. The first-order valence-corrected chi connectivity index (χ1v) is 7.90. The van der Waals surface area contributed by atoms with Gasteiger partial charge in [-0.1, -0.05) is 26.3 Å². The molecule has 4 nitrogen and oxygen atoms in total. The number of sulfonamides is 1. The van der Waals surface area contributed by atoms with E-state index in [0.717, 1.165) is 12.8 Å². The minimum Gasteiger partial charge on any atom is -0.326 e. The second-order valence-electron chi connectivity index (χ2n) is 4.27. The zero-order valence-corrected chi connectivity index (χ0v) is 12.2. The van der Waals surface area contributed by atoms with Crippen LogP contribution in [0.2, 0.25) is 0 Å². The molecule has 2 N–H and O–H groups in total. The van der Waals surface area contributed by atoms with Crippen LogP contribution in [-0.4, -0.2) is 25.8 Å². The van der Waals surface area contributed by atoms with E-state index >= 15 is 0 Å². The predicted molar refractivity (Wildman–Crippen MR) is 73.6 cm³/mol. The first-order chi connectivity index (χ1) is 8.98. The van der Waals surface area contributed by atoms with E-state index < -0.39 is 15.8 Å². The van der Waals surface area contributed by atoms with Crippen LogP contribution in [0.15, 0.2) is 23.1 Å². The van der Waals surface area contributed by atoms with Crippen molar-refractivity contribution >= 4 is 10.0 Å². The van der Waals surface area contributed by atoms with Crippen molar-refractivity contribution in [3.8, 4) is 0 Å². The summed E-state index contributed by atoms with van der Waals surface area (Å²) < 4.78 is 40.0. The third-order valence-electron chi connectivity index (χ3n) is 3.01. The number of halogens is 1. The molecule has 0 aliphatic heterocycles. The van der Waals surface area contributed by atoms with Crippen molar-refractivity contribution in [2.75, 3.05) is 13.1 Å². The maximum absolute atomic E-state index is 13.6. The molecule has 0 unspecified atom stereocenters. The SMILES string of the molecule is CCCCN(CC)S(=O)(=O)c1cccc(F)c1CN. The third-order valence-corrected chi connectivity index (χ3v) is 5.07. The third kappa shape index (κ3) is 3.52. The molecule has 19 heavy (non-hydrogen) atoms. The molecule has 0 aromatic heterocycles. The molecule has 0 spiro atoms. The lowest BCUT2D eigenvalue weighted by Crippen LogP contribution is -2.33. The summed E-state index contributed by atoms with van der Waals surface area (Å²) in [5.41, 5.74) is 5.52. The number of unbranched alkanes of at least 4 members (excludes halogenated alkanes) is 1. The second-order valence-corrected chi connectivity index (χ2v) is 6.18. The average molecular weight is 288 g/mol. The van der Waals surface area contributed by atoms with E-state index in [9.17, 15) is 12.8 Å². The fraction of sp³-hybridized carbons (Fsp3) is 0.538. The van der Waals surface area contributed by atoms with E-state index in [2.05, 4.69) is 0 Å². The van der Waals surface area contributed by atoms with E-state index in [1.54, 1.807) is 6.92 Å². The summed E-state index contributed by atoms with van der Waals surface area (Å²) >= 11 is 0. The van der Waals surface area contributed by atoms with Crippen LogP contribution in [-0.2, 0) is 16.6 Å². The van der Waals surface area contributed by atoms with Gasteiger partial charge in [0.25, 0.3) is 0 Å². The highest BCUT2D eigenvalue weighted by atomic mass is 32.2. The van der Waals surface area contributed by atoms with Gasteiger partial charge in [-0.3, -0.25) is 0 Å². The Morgan fingerprint density at radius 3 is 2.53 bits per heavy atom. The molecule has 1 aromatic rings. The van der Waals surface area contributed by atoms with Gasteiger partial charge in [0.1, 0.15) is 5.82 Å². The Morgan fingerprint density at radius 2 is 2.00 bits per heavy atom. The average Bonchev–Trinajstić information content (AvgIpc) is 2.39. The number of nitrogens with two attached hydrogens (primary N) is 1. The summed E-state index contributed by atoms with van der Waals surface area (Å²) in [6, 6.07) is 4.04. The molecule has 6 heteroatoms. The summed E-state index contributed by atoms with van der Waals surface area (Å²) in [6.07, 6.45) is 1.68.